The zero-order valence-electron chi connectivity index (χ0n) is 9.66. The number of primary amides is 1. The molecule has 0 bridgehead atoms. The molecule has 0 saturated carbocycles. The van der Waals surface area contributed by atoms with Gasteiger partial charge in [-0.1, -0.05) is 0 Å². The molecule has 1 aliphatic heterocycles. The summed E-state index contributed by atoms with van der Waals surface area (Å²) in [5, 5.41) is 0. The molecule has 1 heterocycles. The number of nitrogens with two attached hydrogens (primary N) is 1. The zero-order valence-corrected chi connectivity index (χ0v) is 9.66. The molecule has 2 amide bonds. The van der Waals surface area contributed by atoms with E-state index < -0.39 is 11.6 Å². The fourth-order valence-electron chi connectivity index (χ4n) is 1.63. The van der Waals surface area contributed by atoms with Crippen molar-refractivity contribution >= 4 is 12.0 Å². The number of urea groups is 1. The van der Waals surface area contributed by atoms with Gasteiger partial charge in [0.2, 0.25) is 0 Å². The normalized spacial score (nSPS) is 23.8. The maximum Gasteiger partial charge on any atom is 0.330 e. The van der Waals surface area contributed by atoms with Crippen molar-refractivity contribution in [1.82, 2.24) is 10.9 Å². The van der Waals surface area contributed by atoms with Crippen molar-refractivity contribution < 1.29 is 14.3 Å². The highest BCUT2D eigenvalue weighted by Crippen LogP contribution is 2.31. The fraction of sp³-hybridized carbons (Fsp3) is 0.600. The molecule has 90 valence electrons. The molecular weight excluding hydrogens is 210 g/mol. The van der Waals surface area contributed by atoms with Gasteiger partial charge in [-0.25, -0.2) is 4.79 Å². The monoisotopic (exact) mass is 227 g/mol. The van der Waals surface area contributed by atoms with Crippen LogP contribution in [0.3, 0.4) is 0 Å². The van der Waals surface area contributed by atoms with Gasteiger partial charge in [-0.15, -0.1) is 0 Å². The maximum atomic E-state index is 11.5. The molecule has 4 N–H and O–H groups in total. The van der Waals surface area contributed by atoms with Crippen molar-refractivity contribution in [2.45, 2.75) is 32.8 Å². The summed E-state index contributed by atoms with van der Waals surface area (Å²) in [5.74, 6) is -0.526. The van der Waals surface area contributed by atoms with E-state index in [1.807, 2.05) is 13.8 Å². The van der Waals surface area contributed by atoms with Gasteiger partial charge in [0.1, 0.15) is 5.60 Å². The lowest BCUT2D eigenvalue weighted by atomic mass is 9.97. The quantitative estimate of drug-likeness (QED) is 0.480. The minimum atomic E-state index is -0.679. The zero-order chi connectivity index (χ0) is 12.3. The Labute approximate surface area is 94.2 Å². The van der Waals surface area contributed by atoms with Crippen LogP contribution in [0, 0.1) is 5.92 Å². The Morgan fingerprint density at radius 1 is 1.56 bits per heavy atom. The van der Waals surface area contributed by atoms with Crippen LogP contribution in [0.25, 0.3) is 0 Å². The molecule has 1 saturated heterocycles. The van der Waals surface area contributed by atoms with Crippen LogP contribution in [0.4, 0.5) is 4.79 Å². The summed E-state index contributed by atoms with van der Waals surface area (Å²) in [7, 11) is 0. The Bertz CT molecular complexity index is 336. The smallest absolute Gasteiger partial charge is 0.330 e. The third-order valence-corrected chi connectivity index (χ3v) is 2.23. The van der Waals surface area contributed by atoms with Crippen LogP contribution in [-0.4, -0.2) is 17.6 Å². The van der Waals surface area contributed by atoms with Crippen LogP contribution in [0.2, 0.25) is 0 Å². The van der Waals surface area contributed by atoms with E-state index in [0.29, 0.717) is 12.1 Å². The van der Waals surface area contributed by atoms with Gasteiger partial charge in [0.15, 0.2) is 0 Å². The summed E-state index contributed by atoms with van der Waals surface area (Å²) in [4.78, 5) is 21.9. The molecule has 0 aliphatic carbocycles. The molecule has 16 heavy (non-hydrogen) atoms. The van der Waals surface area contributed by atoms with Gasteiger partial charge in [-0.2, -0.15) is 0 Å². The Hall–Kier alpha value is -1.72. The number of carbonyl (C=O) groups excluding carboxylic acids is 2. The Morgan fingerprint density at radius 3 is 2.62 bits per heavy atom. The number of esters is 1. The number of hydrogen-bond acceptors (Lipinski definition) is 4. The van der Waals surface area contributed by atoms with Crippen molar-refractivity contribution in [3.05, 3.63) is 11.8 Å². The SMILES string of the molecule is C/C(=C\[C@@H]1CC(C)(C)OC1=O)NNC(N)=O. The first-order valence-corrected chi connectivity index (χ1v) is 5.03. The van der Waals surface area contributed by atoms with E-state index in [2.05, 4.69) is 10.9 Å². The minimum Gasteiger partial charge on any atom is -0.459 e. The fourth-order valence-corrected chi connectivity index (χ4v) is 1.63. The Balaban J connectivity index is 2.56. The molecule has 0 aromatic rings. The Morgan fingerprint density at radius 2 is 2.19 bits per heavy atom. The van der Waals surface area contributed by atoms with Gasteiger partial charge in [0, 0.05) is 12.1 Å². The molecule has 0 unspecified atom stereocenters. The Kier molecular flexibility index (Phi) is 3.41. The number of hydrazine groups is 1. The molecule has 1 aliphatic rings. The van der Waals surface area contributed by atoms with Gasteiger partial charge in [-0.3, -0.25) is 10.2 Å². The number of hydrogen-bond donors (Lipinski definition) is 3. The lowest BCUT2D eigenvalue weighted by Gasteiger charge is -2.14. The first-order chi connectivity index (χ1) is 7.30. The van der Waals surface area contributed by atoms with E-state index in [-0.39, 0.29) is 11.9 Å². The van der Waals surface area contributed by atoms with Crippen LogP contribution >= 0.6 is 0 Å². The average Bonchev–Trinajstić information content (AvgIpc) is 2.36. The predicted molar refractivity (Wildman–Crippen MR) is 57.9 cm³/mol. The molecular formula is C10H17N3O3. The second kappa shape index (κ2) is 4.42. The molecule has 6 heteroatoms. The molecule has 1 atom stereocenters. The highest BCUT2D eigenvalue weighted by Gasteiger charge is 2.38. The van der Waals surface area contributed by atoms with Crippen molar-refractivity contribution in [3.8, 4) is 0 Å². The standard InChI is InChI=1S/C10H17N3O3/c1-6(12-13-9(11)15)4-7-5-10(2,3)16-8(7)14/h4,7,12H,5H2,1-3H3,(H3,11,13,15)/b6-4+/t7-/m1/s1. The molecule has 1 rings (SSSR count). The van der Waals surface area contributed by atoms with Crippen molar-refractivity contribution in [3.63, 3.8) is 0 Å². The number of nitrogens with one attached hydrogen (secondary N) is 2. The average molecular weight is 227 g/mol. The van der Waals surface area contributed by atoms with Gasteiger partial charge >= 0.3 is 12.0 Å². The van der Waals surface area contributed by atoms with E-state index in [1.54, 1.807) is 13.0 Å². The van der Waals surface area contributed by atoms with Crippen molar-refractivity contribution in [2.75, 3.05) is 0 Å². The summed E-state index contributed by atoms with van der Waals surface area (Å²) in [6.07, 6.45) is 2.34. The third kappa shape index (κ3) is 3.45. The van der Waals surface area contributed by atoms with Crippen LogP contribution in [0.5, 0.6) is 0 Å². The van der Waals surface area contributed by atoms with E-state index in [4.69, 9.17) is 10.5 Å². The summed E-state index contributed by atoms with van der Waals surface area (Å²) in [6, 6.07) is -0.679. The van der Waals surface area contributed by atoms with Crippen LogP contribution in [-0.2, 0) is 9.53 Å². The van der Waals surface area contributed by atoms with Gasteiger partial charge < -0.3 is 15.9 Å². The van der Waals surface area contributed by atoms with Crippen LogP contribution in [0.15, 0.2) is 11.8 Å². The van der Waals surface area contributed by atoms with Crippen molar-refractivity contribution in [1.29, 1.82) is 0 Å². The molecule has 0 spiro atoms. The number of amides is 2. The van der Waals surface area contributed by atoms with E-state index in [1.165, 1.54) is 0 Å². The first-order valence-electron chi connectivity index (χ1n) is 5.03. The first kappa shape index (κ1) is 12.4. The number of ether oxygens (including phenoxy) is 1. The summed E-state index contributed by atoms with van der Waals surface area (Å²) in [5.41, 5.74) is 9.93. The topological polar surface area (TPSA) is 93.4 Å². The summed E-state index contributed by atoms with van der Waals surface area (Å²) in [6.45, 7) is 5.46. The van der Waals surface area contributed by atoms with Gasteiger partial charge in [0.25, 0.3) is 0 Å². The lowest BCUT2D eigenvalue weighted by molar-refractivity contribution is -0.147. The third-order valence-electron chi connectivity index (χ3n) is 2.23. The van der Waals surface area contributed by atoms with E-state index in [9.17, 15) is 9.59 Å². The van der Waals surface area contributed by atoms with Gasteiger partial charge in [0.05, 0.1) is 5.92 Å². The predicted octanol–water partition coefficient (Wildman–Crippen LogP) is 0.405. The number of carbonyl (C=O) groups is 2. The minimum absolute atomic E-state index is 0.245. The van der Waals surface area contributed by atoms with E-state index >= 15 is 0 Å². The molecule has 1 fully saturated rings. The highest BCUT2D eigenvalue weighted by molar-refractivity contribution is 5.77. The molecule has 0 aromatic heterocycles. The van der Waals surface area contributed by atoms with E-state index in [0.717, 1.165) is 0 Å². The summed E-state index contributed by atoms with van der Waals surface area (Å²) >= 11 is 0. The molecule has 0 aromatic carbocycles. The number of allylic oxidation sites excluding steroid dienone is 1. The van der Waals surface area contributed by atoms with Gasteiger partial charge in [-0.05, 0) is 26.8 Å². The molecule has 6 nitrogen and oxygen atoms in total. The summed E-state index contributed by atoms with van der Waals surface area (Å²) < 4.78 is 5.16. The van der Waals surface area contributed by atoms with Crippen LogP contribution in [0.1, 0.15) is 27.2 Å². The largest absolute Gasteiger partial charge is 0.459 e. The number of cyclic esters (lactones) is 1. The lowest BCUT2D eigenvalue weighted by Crippen LogP contribution is -2.40. The second-order valence-corrected chi connectivity index (χ2v) is 4.46. The second-order valence-electron chi connectivity index (χ2n) is 4.46. The van der Waals surface area contributed by atoms with Crippen LogP contribution < -0.4 is 16.6 Å². The van der Waals surface area contributed by atoms with Crippen molar-refractivity contribution in [2.24, 2.45) is 11.7 Å². The molecule has 0 radical (unpaired) electrons. The maximum absolute atomic E-state index is 11.5. The highest BCUT2D eigenvalue weighted by atomic mass is 16.6. The number of rotatable bonds is 3.